The van der Waals surface area contributed by atoms with Gasteiger partial charge in [0.1, 0.15) is 5.01 Å². The first-order chi connectivity index (χ1) is 10.9. The number of rotatable bonds is 4. The summed E-state index contributed by atoms with van der Waals surface area (Å²) in [6.45, 7) is 7.06. The molecule has 3 heterocycles. The molecular formula is C16H20N6S. The summed E-state index contributed by atoms with van der Waals surface area (Å²) in [5.41, 5.74) is 3.08. The second kappa shape index (κ2) is 6.08. The van der Waals surface area contributed by atoms with E-state index in [2.05, 4.69) is 46.4 Å². The summed E-state index contributed by atoms with van der Waals surface area (Å²) < 4.78 is 1.82. The van der Waals surface area contributed by atoms with Crippen molar-refractivity contribution in [3.05, 3.63) is 41.3 Å². The van der Waals surface area contributed by atoms with Gasteiger partial charge in [-0.3, -0.25) is 9.67 Å². The molecule has 7 heteroatoms. The minimum Gasteiger partial charge on any atom is -0.356 e. The van der Waals surface area contributed by atoms with Gasteiger partial charge in [-0.15, -0.1) is 10.2 Å². The third kappa shape index (κ3) is 3.56. The van der Waals surface area contributed by atoms with Crippen LogP contribution >= 0.6 is 11.3 Å². The summed E-state index contributed by atoms with van der Waals surface area (Å²) in [4.78, 5) is 4.17. The zero-order chi connectivity index (χ0) is 16.4. The highest BCUT2D eigenvalue weighted by Gasteiger charge is 2.19. The number of nitrogens with zero attached hydrogens (tertiary/aromatic N) is 5. The van der Waals surface area contributed by atoms with Gasteiger partial charge in [-0.05, 0) is 12.1 Å². The molecule has 3 rings (SSSR count). The zero-order valence-corrected chi connectivity index (χ0v) is 14.6. The van der Waals surface area contributed by atoms with Crippen molar-refractivity contribution in [3.63, 3.8) is 0 Å². The molecule has 0 aliphatic heterocycles. The van der Waals surface area contributed by atoms with Crippen molar-refractivity contribution < 1.29 is 0 Å². The molecule has 0 atom stereocenters. The van der Waals surface area contributed by atoms with Crippen molar-refractivity contribution >= 4 is 16.5 Å². The van der Waals surface area contributed by atoms with E-state index in [-0.39, 0.29) is 5.41 Å². The number of anilines is 1. The highest BCUT2D eigenvalue weighted by molar-refractivity contribution is 7.15. The van der Waals surface area contributed by atoms with Gasteiger partial charge in [0.2, 0.25) is 5.13 Å². The van der Waals surface area contributed by atoms with Gasteiger partial charge in [0.25, 0.3) is 0 Å². The quantitative estimate of drug-likeness (QED) is 0.796. The van der Waals surface area contributed by atoms with Crippen molar-refractivity contribution in [2.45, 2.75) is 32.7 Å². The van der Waals surface area contributed by atoms with Crippen LogP contribution in [0.4, 0.5) is 5.13 Å². The maximum atomic E-state index is 4.54. The average Bonchev–Trinajstić information content (AvgIpc) is 3.12. The molecule has 0 amide bonds. The molecule has 3 aromatic heterocycles. The van der Waals surface area contributed by atoms with Crippen LogP contribution in [0.5, 0.6) is 0 Å². The lowest BCUT2D eigenvalue weighted by molar-refractivity contribution is 0.578. The Hall–Kier alpha value is -2.28. The normalized spacial score (nSPS) is 11.7. The van der Waals surface area contributed by atoms with Crippen LogP contribution in [-0.4, -0.2) is 25.0 Å². The molecule has 0 unspecified atom stereocenters. The van der Waals surface area contributed by atoms with Crippen LogP contribution in [0.15, 0.2) is 30.7 Å². The molecule has 6 nitrogen and oxygen atoms in total. The summed E-state index contributed by atoms with van der Waals surface area (Å²) in [6.07, 6.45) is 5.61. The van der Waals surface area contributed by atoms with Crippen LogP contribution in [0.2, 0.25) is 0 Å². The molecule has 0 bridgehead atoms. The SMILES string of the molecule is Cn1cc(CNc2nnc(C(C)(C)C)s2)c(-c2cccnc2)n1. The lowest BCUT2D eigenvalue weighted by Gasteiger charge is -2.12. The van der Waals surface area contributed by atoms with E-state index >= 15 is 0 Å². The molecule has 0 fully saturated rings. The highest BCUT2D eigenvalue weighted by Crippen LogP contribution is 2.28. The first-order valence-electron chi connectivity index (χ1n) is 7.44. The van der Waals surface area contributed by atoms with Crippen LogP contribution in [0.1, 0.15) is 31.3 Å². The van der Waals surface area contributed by atoms with E-state index in [1.54, 1.807) is 17.5 Å². The Kier molecular flexibility index (Phi) is 4.12. The van der Waals surface area contributed by atoms with Crippen LogP contribution in [0, 0.1) is 0 Å². The highest BCUT2D eigenvalue weighted by atomic mass is 32.1. The van der Waals surface area contributed by atoms with Crippen molar-refractivity contribution in [2.75, 3.05) is 5.32 Å². The van der Waals surface area contributed by atoms with Crippen molar-refractivity contribution in [1.82, 2.24) is 25.0 Å². The molecule has 23 heavy (non-hydrogen) atoms. The van der Waals surface area contributed by atoms with E-state index in [1.165, 1.54) is 0 Å². The summed E-state index contributed by atoms with van der Waals surface area (Å²) in [6, 6.07) is 3.93. The van der Waals surface area contributed by atoms with Gasteiger partial charge in [0, 0.05) is 48.7 Å². The van der Waals surface area contributed by atoms with E-state index in [0.29, 0.717) is 6.54 Å². The third-order valence-electron chi connectivity index (χ3n) is 3.34. The Morgan fingerprint density at radius 2 is 2.09 bits per heavy atom. The predicted molar refractivity (Wildman–Crippen MR) is 92.4 cm³/mol. The van der Waals surface area contributed by atoms with Gasteiger partial charge in [-0.2, -0.15) is 5.10 Å². The Balaban J connectivity index is 1.78. The smallest absolute Gasteiger partial charge is 0.205 e. The first-order valence-corrected chi connectivity index (χ1v) is 8.26. The third-order valence-corrected chi connectivity index (χ3v) is 4.64. The summed E-state index contributed by atoms with van der Waals surface area (Å²) >= 11 is 1.59. The van der Waals surface area contributed by atoms with E-state index in [9.17, 15) is 0 Å². The van der Waals surface area contributed by atoms with E-state index < -0.39 is 0 Å². The second-order valence-electron chi connectivity index (χ2n) is 6.43. The minimum absolute atomic E-state index is 0.0206. The monoisotopic (exact) mass is 328 g/mol. The number of hydrogen-bond acceptors (Lipinski definition) is 6. The number of aryl methyl sites for hydroxylation is 1. The zero-order valence-electron chi connectivity index (χ0n) is 13.7. The molecule has 0 spiro atoms. The standard InChI is InChI=1S/C16H20N6S/c1-16(2,3)14-19-20-15(23-14)18-9-12-10-22(4)21-13(12)11-6-5-7-17-8-11/h5-8,10H,9H2,1-4H3,(H,18,20). The molecule has 0 radical (unpaired) electrons. The fourth-order valence-electron chi connectivity index (χ4n) is 2.18. The predicted octanol–water partition coefficient (Wildman–Crippen LogP) is 3.24. The molecule has 0 saturated carbocycles. The Morgan fingerprint density at radius 1 is 1.26 bits per heavy atom. The van der Waals surface area contributed by atoms with Crippen LogP contribution in [0.25, 0.3) is 11.3 Å². The molecule has 3 aromatic rings. The minimum atomic E-state index is 0.0206. The Morgan fingerprint density at radius 3 is 2.74 bits per heavy atom. The topological polar surface area (TPSA) is 68.5 Å². The summed E-state index contributed by atoms with van der Waals surface area (Å²) in [7, 11) is 1.92. The fourth-order valence-corrected chi connectivity index (χ4v) is 2.98. The second-order valence-corrected chi connectivity index (χ2v) is 7.41. The number of hydrogen-bond donors (Lipinski definition) is 1. The van der Waals surface area contributed by atoms with Crippen LogP contribution in [-0.2, 0) is 19.0 Å². The number of aromatic nitrogens is 5. The Labute approximate surface area is 139 Å². The van der Waals surface area contributed by atoms with E-state index in [4.69, 9.17) is 0 Å². The van der Waals surface area contributed by atoms with Gasteiger partial charge in [-0.1, -0.05) is 32.1 Å². The summed E-state index contributed by atoms with van der Waals surface area (Å²) in [5.74, 6) is 0. The number of nitrogens with one attached hydrogen (secondary N) is 1. The maximum absolute atomic E-state index is 4.54. The molecular weight excluding hydrogens is 308 g/mol. The van der Waals surface area contributed by atoms with Gasteiger partial charge in [0.05, 0.1) is 5.69 Å². The molecule has 1 N–H and O–H groups in total. The maximum Gasteiger partial charge on any atom is 0.205 e. The lowest BCUT2D eigenvalue weighted by Crippen LogP contribution is -2.10. The first kappa shape index (κ1) is 15.6. The van der Waals surface area contributed by atoms with E-state index in [1.807, 2.05) is 36.3 Å². The molecule has 0 aliphatic rings. The van der Waals surface area contributed by atoms with Gasteiger partial charge in [-0.25, -0.2) is 0 Å². The molecule has 0 aliphatic carbocycles. The van der Waals surface area contributed by atoms with Crippen molar-refractivity contribution in [3.8, 4) is 11.3 Å². The van der Waals surface area contributed by atoms with Gasteiger partial charge in [0.15, 0.2) is 0 Å². The molecule has 0 saturated heterocycles. The van der Waals surface area contributed by atoms with Crippen LogP contribution < -0.4 is 5.32 Å². The van der Waals surface area contributed by atoms with Crippen molar-refractivity contribution in [2.24, 2.45) is 7.05 Å². The summed E-state index contributed by atoms with van der Waals surface area (Å²) in [5, 5.41) is 18.2. The average molecular weight is 328 g/mol. The van der Waals surface area contributed by atoms with Crippen molar-refractivity contribution in [1.29, 1.82) is 0 Å². The van der Waals surface area contributed by atoms with E-state index in [0.717, 1.165) is 27.0 Å². The lowest BCUT2D eigenvalue weighted by atomic mass is 9.98. The number of pyridine rings is 1. The van der Waals surface area contributed by atoms with Gasteiger partial charge >= 0.3 is 0 Å². The van der Waals surface area contributed by atoms with Crippen LogP contribution in [0.3, 0.4) is 0 Å². The largest absolute Gasteiger partial charge is 0.356 e. The molecule has 0 aromatic carbocycles. The Bertz CT molecular complexity index is 785. The van der Waals surface area contributed by atoms with Gasteiger partial charge < -0.3 is 5.32 Å². The fraction of sp³-hybridized carbons (Fsp3) is 0.375. The molecule has 120 valence electrons.